The van der Waals surface area contributed by atoms with E-state index in [1.54, 1.807) is 18.2 Å². The number of methoxy groups -OCH3 is 1. The van der Waals surface area contributed by atoms with Gasteiger partial charge in [0.2, 0.25) is 5.95 Å². The molecule has 0 saturated heterocycles. The lowest BCUT2D eigenvalue weighted by atomic mass is 10.3. The van der Waals surface area contributed by atoms with E-state index in [0.29, 0.717) is 16.5 Å². The third kappa shape index (κ3) is 2.60. The van der Waals surface area contributed by atoms with E-state index in [0.717, 1.165) is 6.20 Å². The predicted molar refractivity (Wildman–Crippen MR) is 67.7 cm³/mol. The Bertz CT molecular complexity index is 579. The number of nitrogens with zero attached hydrogens (tertiary/aromatic N) is 2. The maximum atomic E-state index is 12.9. The van der Waals surface area contributed by atoms with E-state index in [2.05, 4.69) is 15.3 Å². The lowest BCUT2D eigenvalue weighted by Crippen LogP contribution is -2.02. The van der Waals surface area contributed by atoms with Crippen molar-refractivity contribution in [2.24, 2.45) is 0 Å². The van der Waals surface area contributed by atoms with E-state index in [-0.39, 0.29) is 11.8 Å². The molecule has 94 valence electrons. The minimum atomic E-state index is -0.659. The molecule has 0 aliphatic rings. The van der Waals surface area contributed by atoms with Crippen molar-refractivity contribution in [3.05, 3.63) is 35.2 Å². The molecular weight excluding hydrogens is 259 g/mol. The van der Waals surface area contributed by atoms with Crippen molar-refractivity contribution >= 4 is 29.1 Å². The maximum absolute atomic E-state index is 12.9. The molecular formula is C11H10ClFN4O. The summed E-state index contributed by atoms with van der Waals surface area (Å²) in [6.07, 6.45) is 0.996. The molecule has 1 aromatic heterocycles. The Morgan fingerprint density at radius 1 is 1.44 bits per heavy atom. The van der Waals surface area contributed by atoms with Crippen LogP contribution in [0.25, 0.3) is 0 Å². The monoisotopic (exact) mass is 268 g/mol. The van der Waals surface area contributed by atoms with Gasteiger partial charge in [0, 0.05) is 5.69 Å². The topological polar surface area (TPSA) is 73.1 Å². The Labute approximate surface area is 108 Å². The number of hydrogen-bond donors (Lipinski definition) is 2. The fourth-order valence-corrected chi connectivity index (χ4v) is 1.57. The van der Waals surface area contributed by atoms with Crippen LogP contribution in [0, 0.1) is 5.82 Å². The van der Waals surface area contributed by atoms with Crippen molar-refractivity contribution in [1.29, 1.82) is 0 Å². The molecule has 0 unspecified atom stereocenters. The smallest absolute Gasteiger partial charge is 0.229 e. The summed E-state index contributed by atoms with van der Waals surface area (Å²) >= 11 is 5.96. The zero-order valence-corrected chi connectivity index (χ0v) is 10.2. The molecule has 7 heteroatoms. The summed E-state index contributed by atoms with van der Waals surface area (Å²) in [7, 11) is 1.53. The first-order valence-electron chi connectivity index (χ1n) is 4.98. The normalized spacial score (nSPS) is 10.2. The molecule has 3 N–H and O–H groups in total. The van der Waals surface area contributed by atoms with Gasteiger partial charge in [0.1, 0.15) is 5.75 Å². The molecule has 5 nitrogen and oxygen atoms in total. The molecule has 18 heavy (non-hydrogen) atoms. The predicted octanol–water partition coefficient (Wildman–Crippen LogP) is 2.60. The Hall–Kier alpha value is -2.08. The van der Waals surface area contributed by atoms with Gasteiger partial charge in [-0.15, -0.1) is 0 Å². The molecule has 0 spiro atoms. The van der Waals surface area contributed by atoms with E-state index in [4.69, 9.17) is 22.1 Å². The minimum Gasteiger partial charge on any atom is -0.495 e. The summed E-state index contributed by atoms with van der Waals surface area (Å²) in [6, 6.07) is 5.06. The molecule has 1 heterocycles. The van der Waals surface area contributed by atoms with E-state index < -0.39 is 5.82 Å². The number of aromatic nitrogens is 2. The van der Waals surface area contributed by atoms with Gasteiger partial charge in [0.05, 0.1) is 18.3 Å². The third-order valence-electron chi connectivity index (χ3n) is 2.18. The Morgan fingerprint density at radius 3 is 2.83 bits per heavy atom. The van der Waals surface area contributed by atoms with Crippen molar-refractivity contribution in [2.75, 3.05) is 18.2 Å². The first kappa shape index (κ1) is 12.4. The number of nitrogen functional groups attached to an aromatic ring is 1. The maximum Gasteiger partial charge on any atom is 0.229 e. The molecule has 0 aliphatic heterocycles. The van der Waals surface area contributed by atoms with Crippen LogP contribution in [0.15, 0.2) is 24.4 Å². The van der Waals surface area contributed by atoms with Crippen LogP contribution in [-0.4, -0.2) is 17.1 Å². The molecule has 1 aromatic carbocycles. The number of anilines is 3. The summed E-state index contributed by atoms with van der Waals surface area (Å²) in [5.74, 6) is -0.127. The molecule has 0 radical (unpaired) electrons. The SMILES string of the molecule is COc1ccc(Nc2ncc(F)c(N)n2)cc1Cl. The number of halogens is 2. The van der Waals surface area contributed by atoms with Gasteiger partial charge in [-0.3, -0.25) is 0 Å². The largest absolute Gasteiger partial charge is 0.495 e. The summed E-state index contributed by atoms with van der Waals surface area (Å²) in [4.78, 5) is 7.50. The minimum absolute atomic E-state index is 0.190. The van der Waals surface area contributed by atoms with Gasteiger partial charge in [-0.05, 0) is 18.2 Å². The summed E-state index contributed by atoms with van der Waals surface area (Å²) < 4.78 is 17.9. The first-order chi connectivity index (χ1) is 8.60. The standard InChI is InChI=1S/C11H10ClFN4O/c1-18-9-3-2-6(4-7(9)12)16-11-15-5-8(13)10(14)17-11/h2-5H,1H3,(H3,14,15,16,17). The number of rotatable bonds is 3. The fraction of sp³-hybridized carbons (Fsp3) is 0.0909. The Kier molecular flexibility index (Phi) is 3.47. The Balaban J connectivity index is 2.23. The lowest BCUT2D eigenvalue weighted by Gasteiger charge is -2.08. The molecule has 0 saturated carbocycles. The van der Waals surface area contributed by atoms with Crippen molar-refractivity contribution < 1.29 is 9.13 Å². The highest BCUT2D eigenvalue weighted by Gasteiger charge is 2.05. The van der Waals surface area contributed by atoms with Crippen molar-refractivity contribution in [3.63, 3.8) is 0 Å². The van der Waals surface area contributed by atoms with Gasteiger partial charge in [-0.2, -0.15) is 4.98 Å². The third-order valence-corrected chi connectivity index (χ3v) is 2.47. The van der Waals surface area contributed by atoms with Crippen LogP contribution in [0.3, 0.4) is 0 Å². The van der Waals surface area contributed by atoms with Crippen LogP contribution in [0.5, 0.6) is 5.75 Å². The van der Waals surface area contributed by atoms with Gasteiger partial charge in [0.25, 0.3) is 0 Å². The summed E-state index contributed by atoms with van der Waals surface area (Å²) in [5, 5.41) is 3.30. The molecule has 2 aromatic rings. The van der Waals surface area contributed by atoms with Gasteiger partial charge in [-0.1, -0.05) is 11.6 Å². The second kappa shape index (κ2) is 5.05. The van der Waals surface area contributed by atoms with E-state index in [1.165, 1.54) is 7.11 Å². The highest BCUT2D eigenvalue weighted by molar-refractivity contribution is 6.32. The quantitative estimate of drug-likeness (QED) is 0.895. The number of benzene rings is 1. The van der Waals surface area contributed by atoms with Crippen LogP contribution in [0.1, 0.15) is 0 Å². The zero-order valence-electron chi connectivity index (χ0n) is 9.45. The van der Waals surface area contributed by atoms with Crippen LogP contribution >= 0.6 is 11.6 Å². The summed E-state index contributed by atoms with van der Waals surface area (Å²) in [5.41, 5.74) is 5.98. The molecule has 0 fully saturated rings. The van der Waals surface area contributed by atoms with Crippen LogP contribution in [-0.2, 0) is 0 Å². The van der Waals surface area contributed by atoms with Crippen LogP contribution in [0.4, 0.5) is 21.8 Å². The highest BCUT2D eigenvalue weighted by Crippen LogP contribution is 2.28. The second-order valence-corrected chi connectivity index (χ2v) is 3.81. The van der Waals surface area contributed by atoms with Crippen molar-refractivity contribution in [2.45, 2.75) is 0 Å². The van der Waals surface area contributed by atoms with Crippen molar-refractivity contribution in [1.82, 2.24) is 9.97 Å². The number of nitrogens with two attached hydrogens (primary N) is 1. The highest BCUT2D eigenvalue weighted by atomic mass is 35.5. The molecule has 0 amide bonds. The van der Waals surface area contributed by atoms with Crippen LogP contribution in [0.2, 0.25) is 5.02 Å². The van der Waals surface area contributed by atoms with Gasteiger partial charge in [-0.25, -0.2) is 9.37 Å². The average Bonchev–Trinajstić information content (AvgIpc) is 2.34. The fourth-order valence-electron chi connectivity index (χ4n) is 1.31. The van der Waals surface area contributed by atoms with E-state index >= 15 is 0 Å². The Morgan fingerprint density at radius 2 is 2.22 bits per heavy atom. The molecule has 0 aliphatic carbocycles. The zero-order chi connectivity index (χ0) is 13.1. The van der Waals surface area contributed by atoms with Gasteiger partial charge < -0.3 is 15.8 Å². The summed E-state index contributed by atoms with van der Waals surface area (Å²) in [6.45, 7) is 0. The number of nitrogens with one attached hydrogen (secondary N) is 1. The van der Waals surface area contributed by atoms with Crippen molar-refractivity contribution in [3.8, 4) is 5.75 Å². The lowest BCUT2D eigenvalue weighted by molar-refractivity contribution is 0.415. The number of hydrogen-bond acceptors (Lipinski definition) is 5. The first-order valence-corrected chi connectivity index (χ1v) is 5.36. The average molecular weight is 269 g/mol. The van der Waals surface area contributed by atoms with E-state index in [9.17, 15) is 4.39 Å². The second-order valence-electron chi connectivity index (χ2n) is 3.40. The van der Waals surface area contributed by atoms with Crippen LogP contribution < -0.4 is 15.8 Å². The molecule has 0 bridgehead atoms. The van der Waals surface area contributed by atoms with E-state index in [1.807, 2.05) is 0 Å². The van der Waals surface area contributed by atoms with Gasteiger partial charge in [0.15, 0.2) is 11.6 Å². The molecule has 2 rings (SSSR count). The number of ether oxygens (including phenoxy) is 1. The molecule has 0 atom stereocenters. The van der Waals surface area contributed by atoms with Gasteiger partial charge >= 0.3 is 0 Å².